The van der Waals surface area contributed by atoms with Crippen LogP contribution in [0.2, 0.25) is 0 Å². The van der Waals surface area contributed by atoms with Gasteiger partial charge in [-0.2, -0.15) is 0 Å². The predicted octanol–water partition coefficient (Wildman–Crippen LogP) is 13.8. The molecule has 0 bridgehead atoms. The molecule has 4 aromatic heterocycles. The van der Waals surface area contributed by atoms with Gasteiger partial charge in [0.25, 0.3) is 0 Å². The van der Waals surface area contributed by atoms with Crippen LogP contribution in [0.3, 0.4) is 0 Å². The Hall–Kier alpha value is -7.74. The highest BCUT2D eigenvalue weighted by Crippen LogP contribution is 2.42. The number of furan rings is 1. The first-order chi connectivity index (χ1) is 29.2. The summed E-state index contributed by atoms with van der Waals surface area (Å²) in [6.07, 6.45) is 0. The Kier molecular flexibility index (Phi) is 7.61. The fourth-order valence-electron chi connectivity index (χ4n) is 8.26. The number of para-hydroxylation sites is 4. The lowest BCUT2D eigenvalue weighted by Crippen LogP contribution is -2.00. The zero-order valence-electron chi connectivity index (χ0n) is 31.5. The quantitative estimate of drug-likeness (QED) is 0.168. The summed E-state index contributed by atoms with van der Waals surface area (Å²) >= 11 is 1.82. The van der Waals surface area contributed by atoms with E-state index in [9.17, 15) is 0 Å². The minimum absolute atomic E-state index is 0.588. The molecule has 4 heterocycles. The van der Waals surface area contributed by atoms with Crippen LogP contribution >= 0.6 is 11.3 Å². The fourth-order valence-corrected chi connectivity index (χ4v) is 9.48. The van der Waals surface area contributed by atoms with Crippen LogP contribution in [0, 0.1) is 0 Å². The molecule has 0 spiro atoms. The third-order valence-corrected chi connectivity index (χ3v) is 12.3. The summed E-state index contributed by atoms with van der Waals surface area (Å²) in [5, 5.41) is 4.58. The molecule has 8 aromatic carbocycles. The molecule has 0 atom stereocenters. The third kappa shape index (κ3) is 5.62. The number of fused-ring (bicyclic) bond motifs is 7. The first-order valence-corrected chi connectivity index (χ1v) is 20.4. The molecule has 0 aliphatic heterocycles. The highest BCUT2D eigenvalue weighted by Gasteiger charge is 2.19. The van der Waals surface area contributed by atoms with Crippen LogP contribution < -0.4 is 0 Å². The summed E-state index contributed by atoms with van der Waals surface area (Å²) in [5.41, 5.74) is 10.8. The van der Waals surface area contributed by atoms with Crippen LogP contribution in [0.25, 0.3) is 116 Å². The second-order valence-electron chi connectivity index (χ2n) is 14.7. The van der Waals surface area contributed by atoms with Crippen molar-refractivity contribution in [3.05, 3.63) is 188 Å². The van der Waals surface area contributed by atoms with Crippen LogP contribution in [0.15, 0.2) is 192 Å². The molecule has 0 aliphatic rings. The minimum atomic E-state index is 0.588. The van der Waals surface area contributed by atoms with Gasteiger partial charge in [-0.05, 0) is 77.9 Å². The zero-order chi connectivity index (χ0) is 38.9. The van der Waals surface area contributed by atoms with Gasteiger partial charge in [0.15, 0.2) is 17.5 Å². The highest BCUT2D eigenvalue weighted by atomic mass is 32.1. The van der Waals surface area contributed by atoms with Gasteiger partial charge in [0.05, 0.1) is 11.0 Å². The second kappa shape index (κ2) is 13.4. The molecule has 0 aliphatic carbocycles. The van der Waals surface area contributed by atoms with Gasteiger partial charge < -0.3 is 4.42 Å². The Morgan fingerprint density at radius 1 is 0.407 bits per heavy atom. The van der Waals surface area contributed by atoms with E-state index >= 15 is 0 Å². The number of benzene rings is 8. The van der Waals surface area contributed by atoms with Crippen molar-refractivity contribution in [1.29, 1.82) is 0 Å². The number of thiophene rings is 1. The van der Waals surface area contributed by atoms with Gasteiger partial charge in [0.2, 0.25) is 0 Å². The maximum atomic E-state index is 6.26. The fraction of sp³-hybridized carbons (Fsp3) is 0. The van der Waals surface area contributed by atoms with E-state index in [4.69, 9.17) is 24.4 Å². The van der Waals surface area contributed by atoms with E-state index in [2.05, 4.69) is 126 Å². The molecule has 0 radical (unpaired) electrons. The van der Waals surface area contributed by atoms with E-state index in [0.717, 1.165) is 77.9 Å². The number of rotatable bonds is 6. The summed E-state index contributed by atoms with van der Waals surface area (Å²) in [5.74, 6) is 2.73. The molecule has 0 unspecified atom stereocenters. The van der Waals surface area contributed by atoms with Crippen molar-refractivity contribution < 1.29 is 4.42 Å². The molecule has 12 rings (SSSR count). The second-order valence-corrected chi connectivity index (χ2v) is 15.7. The summed E-state index contributed by atoms with van der Waals surface area (Å²) in [6, 6.07) is 65.1. The van der Waals surface area contributed by atoms with Crippen molar-refractivity contribution in [2.24, 2.45) is 0 Å². The maximum absolute atomic E-state index is 6.26. The third-order valence-electron chi connectivity index (χ3n) is 11.1. The normalized spacial score (nSPS) is 11.7. The van der Waals surface area contributed by atoms with Gasteiger partial charge in [0, 0.05) is 58.9 Å². The van der Waals surface area contributed by atoms with E-state index in [1.807, 2.05) is 78.1 Å². The molecule has 7 heteroatoms. The lowest BCUT2D eigenvalue weighted by molar-refractivity contribution is 0.669. The van der Waals surface area contributed by atoms with E-state index in [0.29, 0.717) is 17.5 Å². The molecule has 0 amide bonds. The summed E-state index contributed by atoms with van der Waals surface area (Å²) in [7, 11) is 0. The smallest absolute Gasteiger partial charge is 0.164 e. The molecule has 0 saturated heterocycles. The topological polar surface area (TPSA) is 69.6 Å². The van der Waals surface area contributed by atoms with Crippen LogP contribution in [-0.4, -0.2) is 24.5 Å². The van der Waals surface area contributed by atoms with Crippen LogP contribution in [0.5, 0.6) is 0 Å². The molecule has 59 heavy (non-hydrogen) atoms. The van der Waals surface area contributed by atoms with Gasteiger partial charge in [-0.25, -0.2) is 19.9 Å². The van der Waals surface area contributed by atoms with Crippen LogP contribution in [0.1, 0.15) is 0 Å². The largest absolute Gasteiger partial charge is 0.456 e. The number of hydrogen-bond acceptors (Lipinski definition) is 6. The Bertz CT molecular complexity index is 3570. The van der Waals surface area contributed by atoms with Crippen molar-refractivity contribution in [3.63, 3.8) is 0 Å². The minimum Gasteiger partial charge on any atom is -0.456 e. The molecular weight excluding hydrogens is 743 g/mol. The maximum Gasteiger partial charge on any atom is 0.164 e. The number of hydrogen-bond donors (Lipinski definition) is 0. The number of imidazole rings is 1. The first kappa shape index (κ1) is 33.4. The average Bonchev–Trinajstić information content (AvgIpc) is 4.00. The molecule has 0 fully saturated rings. The van der Waals surface area contributed by atoms with Crippen molar-refractivity contribution in [2.75, 3.05) is 0 Å². The van der Waals surface area contributed by atoms with Crippen molar-refractivity contribution in [3.8, 4) is 62.4 Å². The Balaban J connectivity index is 0.973. The molecule has 276 valence electrons. The monoisotopic (exact) mass is 773 g/mol. The Labute approximate surface area is 342 Å². The Morgan fingerprint density at radius 2 is 1.05 bits per heavy atom. The lowest BCUT2D eigenvalue weighted by Gasteiger charge is -2.10. The molecule has 12 aromatic rings. The van der Waals surface area contributed by atoms with Crippen molar-refractivity contribution in [1.82, 2.24) is 24.5 Å². The van der Waals surface area contributed by atoms with Crippen molar-refractivity contribution >= 4 is 64.5 Å². The van der Waals surface area contributed by atoms with E-state index in [-0.39, 0.29) is 0 Å². The van der Waals surface area contributed by atoms with E-state index in [1.165, 1.54) is 20.2 Å². The summed E-state index contributed by atoms with van der Waals surface area (Å²) in [4.78, 5) is 20.3. The highest BCUT2D eigenvalue weighted by molar-refractivity contribution is 7.26. The zero-order valence-corrected chi connectivity index (χ0v) is 32.3. The predicted molar refractivity (Wildman–Crippen MR) is 242 cm³/mol. The number of nitrogens with zero attached hydrogens (tertiary/aromatic N) is 5. The average molecular weight is 774 g/mol. The summed E-state index contributed by atoms with van der Waals surface area (Å²) in [6.45, 7) is 0. The van der Waals surface area contributed by atoms with E-state index < -0.39 is 0 Å². The first-order valence-electron chi connectivity index (χ1n) is 19.5. The molecular formula is C52H31N5OS. The molecule has 0 saturated carbocycles. The van der Waals surface area contributed by atoms with Gasteiger partial charge in [-0.3, -0.25) is 4.57 Å². The van der Waals surface area contributed by atoms with Gasteiger partial charge in [0.1, 0.15) is 17.0 Å². The molecule has 0 N–H and O–H groups in total. The van der Waals surface area contributed by atoms with Crippen molar-refractivity contribution in [2.45, 2.75) is 0 Å². The SMILES string of the molecule is c1ccc(-c2nc(-c3cccc(-c4cccc5c4sc4ccc(-c6nc7ccccc7n6-c6ccccc6)cc45)c3)nc(-c3ccc4c(c3)oc3ccccc34)n2)cc1. The number of aromatic nitrogens is 5. The lowest BCUT2D eigenvalue weighted by atomic mass is 10.00. The van der Waals surface area contributed by atoms with Gasteiger partial charge in [-0.15, -0.1) is 11.3 Å². The van der Waals surface area contributed by atoms with Crippen LogP contribution in [0.4, 0.5) is 0 Å². The Morgan fingerprint density at radius 3 is 1.92 bits per heavy atom. The summed E-state index contributed by atoms with van der Waals surface area (Å²) < 4.78 is 11.0. The standard InChI is InChI=1S/C52H31N5OS/c1-3-13-32(14-4-1)49-54-50(56-51(55-49)35-25-27-40-39-19-7-10-24-45(39)58-46(40)31-35)34-16-11-15-33(29-34)38-20-12-21-41-42-30-36(26-28-47(42)59-48(38)41)52-53-43-22-8-9-23-44(43)57(52)37-17-5-2-6-18-37/h1-31H. The molecule has 6 nitrogen and oxygen atoms in total. The van der Waals surface area contributed by atoms with Crippen LogP contribution in [-0.2, 0) is 0 Å². The van der Waals surface area contributed by atoms with Gasteiger partial charge in [-0.1, -0.05) is 121 Å². The van der Waals surface area contributed by atoms with E-state index in [1.54, 1.807) is 0 Å². The van der Waals surface area contributed by atoms with Gasteiger partial charge >= 0.3 is 0 Å².